The third-order valence-electron chi connectivity index (χ3n) is 4.49. The lowest BCUT2D eigenvalue weighted by molar-refractivity contribution is -0.116. The second-order valence-electron chi connectivity index (χ2n) is 6.53. The molecule has 1 aliphatic heterocycles. The molecule has 1 atom stereocenters. The first-order valence-corrected chi connectivity index (χ1v) is 10.4. The lowest BCUT2D eigenvalue weighted by Gasteiger charge is -2.14. The Labute approximate surface area is 153 Å². The SMILES string of the molecule is COc1ccccc1CCC(=O)Nc1cc(C)nn1[C@@H]1CCS(=O)(=O)C1. The Kier molecular flexibility index (Phi) is 5.31. The zero-order chi connectivity index (χ0) is 18.7. The van der Waals surface area contributed by atoms with Gasteiger partial charge in [0, 0.05) is 12.5 Å². The van der Waals surface area contributed by atoms with Gasteiger partial charge < -0.3 is 10.1 Å². The van der Waals surface area contributed by atoms with E-state index in [1.807, 2.05) is 31.2 Å². The average molecular weight is 377 g/mol. The highest BCUT2D eigenvalue weighted by molar-refractivity contribution is 7.91. The molecule has 1 aromatic heterocycles. The number of nitrogens with one attached hydrogen (secondary N) is 1. The molecule has 2 aromatic rings. The van der Waals surface area contributed by atoms with E-state index < -0.39 is 9.84 Å². The maximum absolute atomic E-state index is 12.4. The first-order chi connectivity index (χ1) is 12.4. The Morgan fingerprint density at radius 1 is 1.38 bits per heavy atom. The number of hydrogen-bond acceptors (Lipinski definition) is 5. The van der Waals surface area contributed by atoms with Crippen LogP contribution in [0.25, 0.3) is 0 Å². The Hall–Kier alpha value is -2.35. The summed E-state index contributed by atoms with van der Waals surface area (Å²) >= 11 is 0. The number of sulfone groups is 1. The van der Waals surface area contributed by atoms with Crippen molar-refractivity contribution in [2.45, 2.75) is 32.2 Å². The summed E-state index contributed by atoms with van der Waals surface area (Å²) in [5.74, 6) is 1.40. The number of amides is 1. The number of rotatable bonds is 6. The van der Waals surface area contributed by atoms with Crippen molar-refractivity contribution in [3.8, 4) is 5.75 Å². The molecule has 1 aromatic carbocycles. The summed E-state index contributed by atoms with van der Waals surface area (Å²) in [6.07, 6.45) is 1.38. The molecular weight excluding hydrogens is 354 g/mol. The van der Waals surface area contributed by atoms with Gasteiger partial charge in [-0.05, 0) is 31.4 Å². The van der Waals surface area contributed by atoms with Crippen LogP contribution in [-0.2, 0) is 21.1 Å². The van der Waals surface area contributed by atoms with Crippen molar-refractivity contribution < 1.29 is 17.9 Å². The Bertz CT molecular complexity index is 905. The number of methoxy groups -OCH3 is 1. The number of aromatic nitrogens is 2. The van der Waals surface area contributed by atoms with E-state index in [0.29, 0.717) is 25.1 Å². The summed E-state index contributed by atoms with van der Waals surface area (Å²) in [5.41, 5.74) is 1.71. The smallest absolute Gasteiger partial charge is 0.225 e. The fourth-order valence-electron chi connectivity index (χ4n) is 3.22. The van der Waals surface area contributed by atoms with Crippen LogP contribution in [0.1, 0.15) is 30.1 Å². The predicted octanol–water partition coefficient (Wildman–Crippen LogP) is 2.13. The molecule has 1 amide bonds. The minimum Gasteiger partial charge on any atom is -0.496 e. The van der Waals surface area contributed by atoms with E-state index in [0.717, 1.165) is 17.0 Å². The summed E-state index contributed by atoms with van der Waals surface area (Å²) in [6, 6.07) is 9.15. The molecule has 0 spiro atoms. The van der Waals surface area contributed by atoms with Gasteiger partial charge in [-0.1, -0.05) is 18.2 Å². The van der Waals surface area contributed by atoms with Gasteiger partial charge >= 0.3 is 0 Å². The number of ether oxygens (including phenoxy) is 1. The van der Waals surface area contributed by atoms with E-state index in [4.69, 9.17) is 4.74 Å². The van der Waals surface area contributed by atoms with Crippen LogP contribution in [0.2, 0.25) is 0 Å². The molecule has 140 valence electrons. The van der Waals surface area contributed by atoms with Gasteiger partial charge in [-0.3, -0.25) is 4.79 Å². The summed E-state index contributed by atoms with van der Waals surface area (Å²) in [4.78, 5) is 12.4. The van der Waals surface area contributed by atoms with Crippen LogP contribution in [0.15, 0.2) is 30.3 Å². The van der Waals surface area contributed by atoms with Gasteiger partial charge in [0.05, 0.1) is 30.4 Å². The molecule has 0 saturated carbocycles. The second-order valence-corrected chi connectivity index (χ2v) is 8.76. The molecule has 1 fully saturated rings. The fraction of sp³-hybridized carbons (Fsp3) is 0.444. The van der Waals surface area contributed by atoms with E-state index >= 15 is 0 Å². The van der Waals surface area contributed by atoms with Crippen LogP contribution in [0.3, 0.4) is 0 Å². The summed E-state index contributed by atoms with van der Waals surface area (Å²) < 4.78 is 30.4. The Morgan fingerprint density at radius 2 is 2.15 bits per heavy atom. The standard InChI is InChI=1S/C18H23N3O4S/c1-13-11-17(21(20-13)15-9-10-26(23,24)12-15)19-18(22)8-7-14-5-3-4-6-16(14)25-2/h3-6,11,15H,7-10,12H2,1-2H3,(H,19,22)/t15-/m1/s1. The van der Waals surface area contributed by atoms with Gasteiger partial charge in [0.2, 0.25) is 5.91 Å². The molecule has 2 heterocycles. The maximum Gasteiger partial charge on any atom is 0.225 e. The summed E-state index contributed by atoms with van der Waals surface area (Å²) in [6.45, 7) is 1.82. The molecule has 1 aliphatic rings. The molecule has 1 saturated heterocycles. The van der Waals surface area contributed by atoms with Crippen LogP contribution >= 0.6 is 0 Å². The van der Waals surface area contributed by atoms with Crippen LogP contribution in [0, 0.1) is 6.92 Å². The fourth-order valence-corrected chi connectivity index (χ4v) is 4.91. The molecule has 0 unspecified atom stereocenters. The molecule has 0 aliphatic carbocycles. The van der Waals surface area contributed by atoms with Crippen molar-refractivity contribution in [2.75, 3.05) is 23.9 Å². The first-order valence-electron chi connectivity index (χ1n) is 8.56. The lowest BCUT2D eigenvalue weighted by atomic mass is 10.1. The number of aryl methyl sites for hydroxylation is 2. The van der Waals surface area contributed by atoms with Gasteiger partial charge in [-0.25, -0.2) is 13.1 Å². The number of carbonyl (C=O) groups is 1. The van der Waals surface area contributed by atoms with Crippen molar-refractivity contribution >= 4 is 21.6 Å². The normalized spacial score (nSPS) is 18.6. The van der Waals surface area contributed by atoms with E-state index in [-0.39, 0.29) is 23.5 Å². The molecule has 0 radical (unpaired) electrons. The quantitative estimate of drug-likeness (QED) is 0.833. The molecule has 8 heteroatoms. The third kappa shape index (κ3) is 4.24. The zero-order valence-electron chi connectivity index (χ0n) is 14.9. The van der Waals surface area contributed by atoms with Crippen molar-refractivity contribution in [3.05, 3.63) is 41.6 Å². The Balaban J connectivity index is 1.66. The highest BCUT2D eigenvalue weighted by Crippen LogP contribution is 2.27. The highest BCUT2D eigenvalue weighted by Gasteiger charge is 2.31. The summed E-state index contributed by atoms with van der Waals surface area (Å²) in [7, 11) is -1.41. The van der Waals surface area contributed by atoms with Crippen molar-refractivity contribution in [1.29, 1.82) is 0 Å². The molecule has 3 rings (SSSR count). The topological polar surface area (TPSA) is 90.3 Å². The van der Waals surface area contributed by atoms with Crippen molar-refractivity contribution in [3.63, 3.8) is 0 Å². The van der Waals surface area contributed by atoms with E-state index in [9.17, 15) is 13.2 Å². The number of anilines is 1. The number of benzene rings is 1. The zero-order valence-corrected chi connectivity index (χ0v) is 15.8. The lowest BCUT2D eigenvalue weighted by Crippen LogP contribution is -2.19. The summed E-state index contributed by atoms with van der Waals surface area (Å²) in [5, 5.41) is 7.24. The second kappa shape index (κ2) is 7.49. The number of carbonyl (C=O) groups excluding carboxylic acids is 1. The first kappa shape index (κ1) is 18.4. The monoisotopic (exact) mass is 377 g/mol. The number of para-hydroxylation sites is 1. The minimum absolute atomic E-state index is 0.0677. The molecular formula is C18H23N3O4S. The molecule has 0 bridgehead atoms. The van der Waals surface area contributed by atoms with E-state index in [1.165, 1.54) is 0 Å². The van der Waals surface area contributed by atoms with Crippen LogP contribution in [0.4, 0.5) is 5.82 Å². The number of nitrogens with zero attached hydrogens (tertiary/aromatic N) is 2. The molecule has 26 heavy (non-hydrogen) atoms. The highest BCUT2D eigenvalue weighted by atomic mass is 32.2. The van der Waals surface area contributed by atoms with Crippen LogP contribution in [-0.4, -0.2) is 42.7 Å². The third-order valence-corrected chi connectivity index (χ3v) is 6.24. The van der Waals surface area contributed by atoms with Crippen molar-refractivity contribution in [1.82, 2.24) is 9.78 Å². The van der Waals surface area contributed by atoms with Gasteiger partial charge in [0.1, 0.15) is 11.6 Å². The van der Waals surface area contributed by atoms with E-state index in [1.54, 1.807) is 17.9 Å². The predicted molar refractivity (Wildman–Crippen MR) is 99.2 cm³/mol. The van der Waals surface area contributed by atoms with Crippen molar-refractivity contribution in [2.24, 2.45) is 0 Å². The van der Waals surface area contributed by atoms with Gasteiger partial charge in [0.25, 0.3) is 0 Å². The van der Waals surface area contributed by atoms with E-state index in [2.05, 4.69) is 10.4 Å². The number of hydrogen-bond donors (Lipinski definition) is 1. The largest absolute Gasteiger partial charge is 0.496 e. The molecule has 1 N–H and O–H groups in total. The average Bonchev–Trinajstić information content (AvgIpc) is 3.14. The van der Waals surface area contributed by atoms with Gasteiger partial charge in [-0.15, -0.1) is 0 Å². The van der Waals surface area contributed by atoms with Crippen LogP contribution < -0.4 is 10.1 Å². The Morgan fingerprint density at radius 3 is 2.85 bits per heavy atom. The van der Waals surface area contributed by atoms with Gasteiger partial charge in [0.15, 0.2) is 9.84 Å². The minimum atomic E-state index is -3.02. The maximum atomic E-state index is 12.4. The van der Waals surface area contributed by atoms with Crippen LogP contribution in [0.5, 0.6) is 5.75 Å². The molecule has 7 nitrogen and oxygen atoms in total. The van der Waals surface area contributed by atoms with Gasteiger partial charge in [-0.2, -0.15) is 5.10 Å².